The van der Waals surface area contributed by atoms with E-state index in [1.165, 1.54) is 0 Å². The Bertz CT molecular complexity index is 588. The fourth-order valence-electron chi connectivity index (χ4n) is 2.23. The van der Waals surface area contributed by atoms with Crippen LogP contribution in [0.2, 0.25) is 5.02 Å². The second-order valence-corrected chi connectivity index (χ2v) is 5.84. The van der Waals surface area contributed by atoms with Gasteiger partial charge in [-0.25, -0.2) is 0 Å². The lowest BCUT2D eigenvalue weighted by Crippen LogP contribution is -2.34. The van der Waals surface area contributed by atoms with Gasteiger partial charge < -0.3 is 5.32 Å². The SMILES string of the molecule is CC1(C)CNc2nnc(-c3ccccc3Cl)n2C1. The van der Waals surface area contributed by atoms with Crippen molar-refractivity contribution in [1.29, 1.82) is 0 Å². The van der Waals surface area contributed by atoms with Gasteiger partial charge >= 0.3 is 0 Å². The zero-order valence-electron chi connectivity index (χ0n) is 10.4. The fraction of sp³-hybridized carbons (Fsp3) is 0.385. The Balaban J connectivity index is 2.11. The maximum atomic E-state index is 6.23. The second kappa shape index (κ2) is 3.99. The van der Waals surface area contributed by atoms with Gasteiger partial charge in [-0.15, -0.1) is 10.2 Å². The summed E-state index contributed by atoms with van der Waals surface area (Å²) in [6.45, 7) is 6.25. The highest BCUT2D eigenvalue weighted by Crippen LogP contribution is 2.33. The van der Waals surface area contributed by atoms with Gasteiger partial charge in [0.25, 0.3) is 0 Å². The van der Waals surface area contributed by atoms with Crippen LogP contribution in [0.5, 0.6) is 0 Å². The molecule has 18 heavy (non-hydrogen) atoms. The Labute approximate surface area is 111 Å². The van der Waals surface area contributed by atoms with Gasteiger partial charge in [-0.3, -0.25) is 4.57 Å². The van der Waals surface area contributed by atoms with Gasteiger partial charge in [0.1, 0.15) is 0 Å². The Morgan fingerprint density at radius 3 is 2.83 bits per heavy atom. The van der Waals surface area contributed by atoms with Crippen molar-refractivity contribution < 1.29 is 0 Å². The average Bonchev–Trinajstić information content (AvgIpc) is 2.71. The van der Waals surface area contributed by atoms with Crippen LogP contribution in [-0.4, -0.2) is 21.3 Å². The average molecular weight is 263 g/mol. The monoisotopic (exact) mass is 262 g/mol. The molecule has 1 N–H and O–H groups in total. The predicted octanol–water partition coefficient (Wildman–Crippen LogP) is 3.05. The van der Waals surface area contributed by atoms with Gasteiger partial charge in [0.2, 0.25) is 5.95 Å². The predicted molar refractivity (Wildman–Crippen MR) is 72.7 cm³/mol. The number of nitrogens with zero attached hydrogens (tertiary/aromatic N) is 3. The Morgan fingerprint density at radius 2 is 2.06 bits per heavy atom. The maximum Gasteiger partial charge on any atom is 0.224 e. The number of fused-ring (bicyclic) bond motifs is 1. The van der Waals surface area contributed by atoms with E-state index in [4.69, 9.17) is 11.6 Å². The van der Waals surface area contributed by atoms with E-state index in [2.05, 4.69) is 33.9 Å². The molecule has 1 aliphatic rings. The number of anilines is 1. The van der Waals surface area contributed by atoms with Crippen LogP contribution in [0.1, 0.15) is 13.8 Å². The van der Waals surface area contributed by atoms with Gasteiger partial charge in [-0.05, 0) is 12.1 Å². The van der Waals surface area contributed by atoms with Gasteiger partial charge in [0, 0.05) is 24.1 Å². The molecule has 0 saturated heterocycles. The highest BCUT2D eigenvalue weighted by Gasteiger charge is 2.28. The fourth-order valence-corrected chi connectivity index (χ4v) is 2.45. The van der Waals surface area contributed by atoms with Crippen LogP contribution in [0.25, 0.3) is 11.4 Å². The lowest BCUT2D eigenvalue weighted by atomic mass is 9.92. The molecule has 1 aliphatic heterocycles. The van der Waals surface area contributed by atoms with Gasteiger partial charge in [0.05, 0.1) is 5.02 Å². The van der Waals surface area contributed by atoms with E-state index >= 15 is 0 Å². The smallest absolute Gasteiger partial charge is 0.224 e. The van der Waals surface area contributed by atoms with E-state index in [9.17, 15) is 0 Å². The molecule has 0 spiro atoms. The normalized spacial score (nSPS) is 17.1. The number of rotatable bonds is 1. The standard InChI is InChI=1S/C13H15ClN4/c1-13(2)7-15-12-17-16-11(18(12)8-13)9-5-3-4-6-10(9)14/h3-6H,7-8H2,1-2H3,(H,15,17). The molecule has 5 heteroatoms. The first-order valence-electron chi connectivity index (χ1n) is 5.99. The molecule has 2 heterocycles. The molecule has 1 aromatic carbocycles. The minimum absolute atomic E-state index is 0.186. The van der Waals surface area contributed by atoms with Gasteiger partial charge in [-0.1, -0.05) is 37.6 Å². The Hall–Kier alpha value is -1.55. The van der Waals surface area contributed by atoms with Gasteiger partial charge in [0.15, 0.2) is 5.82 Å². The number of hydrogen-bond acceptors (Lipinski definition) is 3. The molecule has 0 radical (unpaired) electrons. The number of benzene rings is 1. The highest BCUT2D eigenvalue weighted by atomic mass is 35.5. The lowest BCUT2D eigenvalue weighted by molar-refractivity contribution is 0.311. The van der Waals surface area contributed by atoms with Crippen molar-refractivity contribution >= 4 is 17.5 Å². The molecule has 4 nitrogen and oxygen atoms in total. The molecular formula is C13H15ClN4. The molecule has 0 fully saturated rings. The van der Waals surface area contributed by atoms with Crippen molar-refractivity contribution in [3.8, 4) is 11.4 Å². The first-order chi connectivity index (χ1) is 8.57. The third kappa shape index (κ3) is 1.86. The van der Waals surface area contributed by atoms with Crippen LogP contribution in [0.15, 0.2) is 24.3 Å². The number of halogens is 1. The highest BCUT2D eigenvalue weighted by molar-refractivity contribution is 6.33. The number of hydrogen-bond donors (Lipinski definition) is 1. The number of nitrogens with one attached hydrogen (secondary N) is 1. The molecule has 0 aliphatic carbocycles. The molecule has 94 valence electrons. The van der Waals surface area contributed by atoms with Crippen molar-refractivity contribution in [2.45, 2.75) is 20.4 Å². The van der Waals surface area contributed by atoms with E-state index in [0.29, 0.717) is 5.02 Å². The van der Waals surface area contributed by atoms with Crippen molar-refractivity contribution in [2.75, 3.05) is 11.9 Å². The molecule has 2 aromatic rings. The van der Waals surface area contributed by atoms with E-state index < -0.39 is 0 Å². The minimum atomic E-state index is 0.186. The van der Waals surface area contributed by atoms with E-state index in [1.54, 1.807) is 0 Å². The van der Waals surface area contributed by atoms with Gasteiger partial charge in [-0.2, -0.15) is 0 Å². The maximum absolute atomic E-state index is 6.23. The third-order valence-corrected chi connectivity index (χ3v) is 3.51. The molecule has 0 saturated carbocycles. The van der Waals surface area contributed by atoms with E-state index in [1.807, 2.05) is 24.3 Å². The van der Waals surface area contributed by atoms with E-state index in [-0.39, 0.29) is 5.41 Å². The summed E-state index contributed by atoms with van der Waals surface area (Å²) in [7, 11) is 0. The van der Waals surface area contributed by atoms with Crippen LogP contribution in [0.3, 0.4) is 0 Å². The van der Waals surface area contributed by atoms with Crippen molar-refractivity contribution in [1.82, 2.24) is 14.8 Å². The van der Waals surface area contributed by atoms with Crippen LogP contribution in [0, 0.1) is 5.41 Å². The first kappa shape index (κ1) is 11.5. The second-order valence-electron chi connectivity index (χ2n) is 5.43. The first-order valence-corrected chi connectivity index (χ1v) is 6.37. The Kier molecular flexibility index (Phi) is 2.55. The summed E-state index contributed by atoms with van der Waals surface area (Å²) in [5.74, 6) is 1.65. The molecule has 0 unspecified atom stereocenters. The molecular weight excluding hydrogens is 248 g/mol. The van der Waals surface area contributed by atoms with Crippen LogP contribution >= 0.6 is 11.6 Å². The number of aromatic nitrogens is 3. The van der Waals surface area contributed by atoms with Crippen molar-refractivity contribution in [3.63, 3.8) is 0 Å². The zero-order valence-corrected chi connectivity index (χ0v) is 11.2. The third-order valence-electron chi connectivity index (χ3n) is 3.18. The summed E-state index contributed by atoms with van der Waals surface area (Å²) in [5.41, 5.74) is 1.11. The zero-order chi connectivity index (χ0) is 12.8. The summed E-state index contributed by atoms with van der Waals surface area (Å²) in [4.78, 5) is 0. The summed E-state index contributed by atoms with van der Waals surface area (Å²) < 4.78 is 2.10. The minimum Gasteiger partial charge on any atom is -0.354 e. The molecule has 0 bridgehead atoms. The topological polar surface area (TPSA) is 42.7 Å². The summed E-state index contributed by atoms with van der Waals surface area (Å²) in [6, 6.07) is 7.73. The molecule has 0 amide bonds. The quantitative estimate of drug-likeness (QED) is 0.859. The van der Waals surface area contributed by atoms with Crippen molar-refractivity contribution in [3.05, 3.63) is 29.3 Å². The summed E-state index contributed by atoms with van der Waals surface area (Å²) in [5, 5.41) is 12.5. The van der Waals surface area contributed by atoms with Crippen LogP contribution in [-0.2, 0) is 6.54 Å². The molecule has 3 rings (SSSR count). The molecule has 1 aromatic heterocycles. The summed E-state index contributed by atoms with van der Waals surface area (Å²) >= 11 is 6.23. The summed E-state index contributed by atoms with van der Waals surface area (Å²) in [6.07, 6.45) is 0. The largest absolute Gasteiger partial charge is 0.354 e. The van der Waals surface area contributed by atoms with Crippen LogP contribution in [0.4, 0.5) is 5.95 Å². The van der Waals surface area contributed by atoms with E-state index in [0.717, 1.165) is 30.4 Å². The van der Waals surface area contributed by atoms with Crippen molar-refractivity contribution in [2.24, 2.45) is 5.41 Å². The lowest BCUT2D eigenvalue weighted by Gasteiger charge is -2.31. The Morgan fingerprint density at radius 1 is 1.28 bits per heavy atom. The van der Waals surface area contributed by atoms with Crippen LogP contribution < -0.4 is 5.32 Å². The molecule has 0 atom stereocenters.